The van der Waals surface area contributed by atoms with Gasteiger partial charge in [-0.3, -0.25) is 4.79 Å². The number of carbonyl (C=O) groups excluding carboxylic acids is 1. The van der Waals surface area contributed by atoms with Crippen molar-refractivity contribution in [2.45, 2.75) is 25.9 Å². The molecule has 0 aliphatic heterocycles. The first-order valence-corrected chi connectivity index (χ1v) is 6.35. The molecule has 0 saturated heterocycles. The fourth-order valence-corrected chi connectivity index (χ4v) is 1.55. The molecule has 0 heterocycles. The van der Waals surface area contributed by atoms with Crippen molar-refractivity contribution in [3.8, 4) is 5.75 Å². The molecule has 0 spiro atoms. The zero-order valence-electron chi connectivity index (χ0n) is 11.5. The maximum absolute atomic E-state index is 11.6. The maximum Gasteiger partial charge on any atom is 0.258 e. The molecule has 1 aromatic rings. The minimum atomic E-state index is -0.133. The van der Waals surface area contributed by atoms with E-state index in [2.05, 4.69) is 5.32 Å². The molecule has 3 N–H and O–H groups in total. The molecule has 0 radical (unpaired) electrons. The van der Waals surface area contributed by atoms with Crippen LogP contribution in [0.2, 0.25) is 0 Å². The summed E-state index contributed by atoms with van der Waals surface area (Å²) < 4.78 is 10.3. The van der Waals surface area contributed by atoms with Gasteiger partial charge in [0.15, 0.2) is 6.61 Å². The Morgan fingerprint density at radius 1 is 1.37 bits per heavy atom. The molecule has 0 aliphatic rings. The first-order chi connectivity index (χ1) is 9.15. The van der Waals surface area contributed by atoms with Gasteiger partial charge in [-0.05, 0) is 31.0 Å². The summed E-state index contributed by atoms with van der Waals surface area (Å²) in [7, 11) is 1.64. The molecule has 5 nitrogen and oxygen atoms in total. The first-order valence-electron chi connectivity index (χ1n) is 6.35. The SMILES string of the molecule is COCCC(C)NC(=O)COc1ccc(CN)cc1. The summed E-state index contributed by atoms with van der Waals surface area (Å²) in [6.07, 6.45) is 0.785. The van der Waals surface area contributed by atoms with E-state index < -0.39 is 0 Å². The third kappa shape index (κ3) is 6.22. The van der Waals surface area contributed by atoms with Crippen molar-refractivity contribution in [3.63, 3.8) is 0 Å². The van der Waals surface area contributed by atoms with Crippen LogP contribution in [-0.2, 0) is 16.1 Å². The van der Waals surface area contributed by atoms with E-state index in [0.29, 0.717) is 18.9 Å². The van der Waals surface area contributed by atoms with Gasteiger partial charge in [0.25, 0.3) is 5.91 Å². The zero-order chi connectivity index (χ0) is 14.1. The Morgan fingerprint density at radius 3 is 2.63 bits per heavy atom. The van der Waals surface area contributed by atoms with Crippen LogP contribution in [0, 0.1) is 0 Å². The van der Waals surface area contributed by atoms with Crippen molar-refractivity contribution in [1.82, 2.24) is 5.32 Å². The van der Waals surface area contributed by atoms with Crippen molar-refractivity contribution >= 4 is 5.91 Å². The smallest absolute Gasteiger partial charge is 0.258 e. The molecule has 106 valence electrons. The molecule has 5 heteroatoms. The van der Waals surface area contributed by atoms with Crippen LogP contribution in [0.25, 0.3) is 0 Å². The first kappa shape index (κ1) is 15.5. The van der Waals surface area contributed by atoms with Crippen LogP contribution in [-0.4, -0.2) is 32.3 Å². The summed E-state index contributed by atoms with van der Waals surface area (Å²) in [6, 6.07) is 7.46. The molecule has 1 rings (SSSR count). The highest BCUT2D eigenvalue weighted by molar-refractivity contribution is 5.77. The molecular formula is C14H22N2O3. The Hall–Kier alpha value is -1.59. The number of nitrogens with one attached hydrogen (secondary N) is 1. The van der Waals surface area contributed by atoms with Crippen molar-refractivity contribution in [3.05, 3.63) is 29.8 Å². The molecule has 0 aromatic heterocycles. The molecule has 1 amide bonds. The van der Waals surface area contributed by atoms with Crippen LogP contribution >= 0.6 is 0 Å². The Labute approximate surface area is 114 Å². The predicted octanol–water partition coefficient (Wildman–Crippen LogP) is 1.07. The number of nitrogens with two attached hydrogens (primary N) is 1. The molecule has 0 bridgehead atoms. The van der Waals surface area contributed by atoms with E-state index in [1.165, 1.54) is 0 Å². The predicted molar refractivity (Wildman–Crippen MR) is 73.9 cm³/mol. The Balaban J connectivity index is 2.28. The van der Waals surface area contributed by atoms with Crippen LogP contribution in [0.3, 0.4) is 0 Å². The molecule has 1 atom stereocenters. The summed E-state index contributed by atoms with van der Waals surface area (Å²) in [6.45, 7) is 3.08. The van der Waals surface area contributed by atoms with Gasteiger partial charge in [0.1, 0.15) is 5.75 Å². The zero-order valence-corrected chi connectivity index (χ0v) is 11.5. The molecular weight excluding hydrogens is 244 g/mol. The second-order valence-corrected chi connectivity index (χ2v) is 4.39. The summed E-state index contributed by atoms with van der Waals surface area (Å²) in [4.78, 5) is 11.6. The third-order valence-corrected chi connectivity index (χ3v) is 2.69. The Morgan fingerprint density at radius 2 is 2.05 bits per heavy atom. The fraction of sp³-hybridized carbons (Fsp3) is 0.500. The summed E-state index contributed by atoms with van der Waals surface area (Å²) in [5, 5.41) is 2.84. The second-order valence-electron chi connectivity index (χ2n) is 4.39. The lowest BCUT2D eigenvalue weighted by molar-refractivity contribution is -0.123. The average Bonchev–Trinajstić information content (AvgIpc) is 2.43. The highest BCUT2D eigenvalue weighted by Crippen LogP contribution is 2.11. The minimum absolute atomic E-state index is 0.0132. The van der Waals surface area contributed by atoms with Crippen molar-refractivity contribution in [2.24, 2.45) is 5.73 Å². The number of carbonyl (C=O) groups is 1. The standard InChI is InChI=1S/C14H22N2O3/c1-11(7-8-18-2)16-14(17)10-19-13-5-3-12(9-15)4-6-13/h3-6,11H,7-10,15H2,1-2H3,(H,16,17). The van der Waals surface area contributed by atoms with Gasteiger partial charge in [-0.15, -0.1) is 0 Å². The van der Waals surface area contributed by atoms with E-state index in [1.807, 2.05) is 31.2 Å². The maximum atomic E-state index is 11.6. The highest BCUT2D eigenvalue weighted by Gasteiger charge is 2.07. The number of hydrogen-bond donors (Lipinski definition) is 2. The van der Waals surface area contributed by atoms with Crippen LogP contribution in [0.1, 0.15) is 18.9 Å². The van der Waals surface area contributed by atoms with E-state index in [0.717, 1.165) is 12.0 Å². The lowest BCUT2D eigenvalue weighted by atomic mass is 10.2. The van der Waals surface area contributed by atoms with Gasteiger partial charge in [0, 0.05) is 26.3 Å². The lowest BCUT2D eigenvalue weighted by Crippen LogP contribution is -2.36. The monoisotopic (exact) mass is 266 g/mol. The second kappa shape index (κ2) is 8.50. The fourth-order valence-electron chi connectivity index (χ4n) is 1.55. The van der Waals surface area contributed by atoms with Crippen molar-refractivity contribution in [1.29, 1.82) is 0 Å². The summed E-state index contributed by atoms with van der Waals surface area (Å²) >= 11 is 0. The molecule has 0 saturated carbocycles. The van der Waals surface area contributed by atoms with Crippen LogP contribution < -0.4 is 15.8 Å². The van der Waals surface area contributed by atoms with Gasteiger partial charge in [-0.1, -0.05) is 12.1 Å². The summed E-state index contributed by atoms with van der Waals surface area (Å²) in [5.74, 6) is 0.531. The molecule has 0 fully saturated rings. The largest absolute Gasteiger partial charge is 0.484 e. The van der Waals surface area contributed by atoms with Crippen molar-refractivity contribution in [2.75, 3.05) is 20.3 Å². The van der Waals surface area contributed by atoms with E-state index in [4.69, 9.17) is 15.2 Å². The van der Waals surface area contributed by atoms with E-state index >= 15 is 0 Å². The number of rotatable bonds is 8. The Kier molecular flexibility index (Phi) is 6.92. The van der Waals surface area contributed by atoms with Gasteiger partial charge in [0.2, 0.25) is 0 Å². The number of ether oxygens (including phenoxy) is 2. The molecule has 1 unspecified atom stereocenters. The summed E-state index contributed by atoms with van der Waals surface area (Å²) in [5.41, 5.74) is 6.53. The van der Waals surface area contributed by atoms with Gasteiger partial charge >= 0.3 is 0 Å². The molecule has 19 heavy (non-hydrogen) atoms. The normalized spacial score (nSPS) is 11.9. The van der Waals surface area contributed by atoms with E-state index in [9.17, 15) is 4.79 Å². The molecule has 1 aromatic carbocycles. The van der Waals surface area contributed by atoms with E-state index in [-0.39, 0.29) is 18.6 Å². The number of hydrogen-bond acceptors (Lipinski definition) is 4. The number of amides is 1. The molecule has 0 aliphatic carbocycles. The van der Waals surface area contributed by atoms with Gasteiger partial charge in [-0.2, -0.15) is 0 Å². The minimum Gasteiger partial charge on any atom is -0.484 e. The quantitative estimate of drug-likeness (QED) is 0.738. The van der Waals surface area contributed by atoms with Crippen LogP contribution in [0.5, 0.6) is 5.75 Å². The van der Waals surface area contributed by atoms with Gasteiger partial charge in [-0.25, -0.2) is 0 Å². The van der Waals surface area contributed by atoms with Crippen molar-refractivity contribution < 1.29 is 14.3 Å². The number of methoxy groups -OCH3 is 1. The highest BCUT2D eigenvalue weighted by atomic mass is 16.5. The topological polar surface area (TPSA) is 73.6 Å². The number of benzene rings is 1. The average molecular weight is 266 g/mol. The third-order valence-electron chi connectivity index (χ3n) is 2.69. The van der Waals surface area contributed by atoms with Gasteiger partial charge < -0.3 is 20.5 Å². The Bertz CT molecular complexity index is 379. The van der Waals surface area contributed by atoms with Crippen LogP contribution in [0.4, 0.5) is 0 Å². The lowest BCUT2D eigenvalue weighted by Gasteiger charge is -2.13. The van der Waals surface area contributed by atoms with E-state index in [1.54, 1.807) is 7.11 Å². The van der Waals surface area contributed by atoms with Crippen LogP contribution in [0.15, 0.2) is 24.3 Å². The van der Waals surface area contributed by atoms with Gasteiger partial charge in [0.05, 0.1) is 0 Å².